The zero-order valence-electron chi connectivity index (χ0n) is 20.3. The fourth-order valence-electron chi connectivity index (χ4n) is 4.30. The number of anilines is 1. The van der Waals surface area contributed by atoms with Crippen LogP contribution in [0.2, 0.25) is 0 Å². The lowest BCUT2D eigenvalue weighted by molar-refractivity contribution is -0.153. The Morgan fingerprint density at radius 1 is 1.17 bits per heavy atom. The first-order valence-electron chi connectivity index (χ1n) is 11.2. The molecule has 4 rings (SSSR count). The third kappa shape index (κ3) is 5.67. The van der Waals surface area contributed by atoms with Crippen molar-refractivity contribution in [3.8, 4) is 17.3 Å². The number of fused-ring (bicyclic) bond motifs is 1. The minimum atomic E-state index is -4.43. The summed E-state index contributed by atoms with van der Waals surface area (Å²) in [6, 6.07) is 5.12. The van der Waals surface area contributed by atoms with Gasteiger partial charge in [-0.2, -0.15) is 13.2 Å². The first-order chi connectivity index (χ1) is 16.3. The third-order valence-electron chi connectivity index (χ3n) is 5.94. The van der Waals surface area contributed by atoms with E-state index >= 15 is 0 Å². The summed E-state index contributed by atoms with van der Waals surface area (Å²) < 4.78 is 54.0. The van der Waals surface area contributed by atoms with E-state index in [4.69, 9.17) is 18.9 Å². The number of alkyl halides is 3. The van der Waals surface area contributed by atoms with Crippen molar-refractivity contribution in [2.45, 2.75) is 63.8 Å². The van der Waals surface area contributed by atoms with Crippen LogP contribution in [0, 0.1) is 6.92 Å². The van der Waals surface area contributed by atoms with E-state index in [1.807, 2.05) is 27.7 Å². The number of hydrogen-bond acceptors (Lipinski definition) is 8. The largest absolute Gasteiger partial charge is 0.484 e. The van der Waals surface area contributed by atoms with Gasteiger partial charge in [-0.05, 0) is 54.5 Å². The van der Waals surface area contributed by atoms with Gasteiger partial charge in [0.2, 0.25) is 0 Å². The van der Waals surface area contributed by atoms with E-state index in [2.05, 4.69) is 15.5 Å². The van der Waals surface area contributed by atoms with Crippen LogP contribution in [0.5, 0.6) is 5.75 Å². The molecule has 2 heterocycles. The van der Waals surface area contributed by atoms with Gasteiger partial charge in [0.1, 0.15) is 11.4 Å². The number of methoxy groups -OCH3 is 1. The molecule has 11 heteroatoms. The molecule has 2 N–H and O–H groups in total. The Kier molecular flexibility index (Phi) is 6.43. The minimum absolute atomic E-state index is 0.0163. The molecule has 0 radical (unpaired) electrons. The number of aliphatic hydroxyl groups is 1. The van der Waals surface area contributed by atoms with Crippen LogP contribution in [0.4, 0.5) is 19.2 Å². The number of nitrogens with one attached hydrogen (secondary N) is 1. The molecule has 0 bridgehead atoms. The van der Waals surface area contributed by atoms with Crippen LogP contribution in [-0.4, -0.2) is 58.4 Å². The maximum atomic E-state index is 12.7. The van der Waals surface area contributed by atoms with Gasteiger partial charge < -0.3 is 24.3 Å². The Balaban J connectivity index is 1.63. The summed E-state index contributed by atoms with van der Waals surface area (Å²) in [4.78, 5) is 4.74. The van der Waals surface area contributed by atoms with Crippen molar-refractivity contribution >= 4 is 16.9 Å². The van der Waals surface area contributed by atoms with Crippen LogP contribution >= 0.6 is 0 Å². The standard InChI is InChI=1S/C24H29F3N4O4/c1-13-6-18(20-30-31-21(35-20)28-14-9-23(32,10-14)11-33-5)29-19-16(13)7-15(34-12-24(25,26)27)8-17(19)22(2,3)4/h6-8,14,32H,9-12H2,1-5H3,(H,28,31). The van der Waals surface area contributed by atoms with E-state index in [1.165, 1.54) is 0 Å². The Morgan fingerprint density at radius 2 is 1.89 bits per heavy atom. The molecular weight excluding hydrogens is 465 g/mol. The number of pyridine rings is 1. The number of nitrogens with zero attached hydrogens (tertiary/aromatic N) is 3. The van der Waals surface area contributed by atoms with Crippen molar-refractivity contribution in [1.82, 2.24) is 15.2 Å². The fourth-order valence-corrected chi connectivity index (χ4v) is 4.30. The highest BCUT2D eigenvalue weighted by Crippen LogP contribution is 2.37. The Hall–Kier alpha value is -2.92. The normalized spacial score (nSPS) is 20.7. The number of halogens is 3. The zero-order valence-corrected chi connectivity index (χ0v) is 20.3. The van der Waals surface area contributed by atoms with Gasteiger partial charge in [-0.3, -0.25) is 0 Å². The van der Waals surface area contributed by atoms with Gasteiger partial charge in [0, 0.05) is 18.5 Å². The van der Waals surface area contributed by atoms with Crippen molar-refractivity contribution in [1.29, 1.82) is 0 Å². The summed E-state index contributed by atoms with van der Waals surface area (Å²) in [5.74, 6) is 0.344. The molecule has 3 aromatic rings. The van der Waals surface area contributed by atoms with Gasteiger partial charge in [0.25, 0.3) is 5.89 Å². The molecule has 0 amide bonds. The smallest absolute Gasteiger partial charge is 0.422 e. The SMILES string of the molecule is COCC1(O)CC(Nc2nnc(-c3cc(C)c4cc(OCC(F)(F)F)cc(C(C)(C)C)c4n3)o2)C1. The predicted molar refractivity (Wildman–Crippen MR) is 123 cm³/mol. The summed E-state index contributed by atoms with van der Waals surface area (Å²) in [6.07, 6.45) is -3.43. The Bertz CT molecular complexity index is 1210. The molecule has 1 saturated carbocycles. The van der Waals surface area contributed by atoms with E-state index in [0.717, 1.165) is 11.1 Å². The van der Waals surface area contributed by atoms with Gasteiger partial charge in [0.05, 0.1) is 17.7 Å². The van der Waals surface area contributed by atoms with Gasteiger partial charge in [0.15, 0.2) is 6.61 Å². The maximum absolute atomic E-state index is 12.7. The minimum Gasteiger partial charge on any atom is -0.484 e. The highest BCUT2D eigenvalue weighted by molar-refractivity contribution is 5.89. The number of hydrogen-bond donors (Lipinski definition) is 2. The first-order valence-corrected chi connectivity index (χ1v) is 11.2. The van der Waals surface area contributed by atoms with Gasteiger partial charge in [-0.1, -0.05) is 25.9 Å². The maximum Gasteiger partial charge on any atom is 0.422 e. The molecular formula is C24H29F3N4O4. The third-order valence-corrected chi connectivity index (χ3v) is 5.94. The molecule has 0 unspecified atom stereocenters. The molecule has 8 nitrogen and oxygen atoms in total. The number of aryl methyl sites for hydroxylation is 1. The second kappa shape index (κ2) is 8.94. The number of ether oxygens (including phenoxy) is 2. The molecule has 1 fully saturated rings. The quantitative estimate of drug-likeness (QED) is 0.484. The second-order valence-corrected chi connectivity index (χ2v) is 10.2. The summed E-state index contributed by atoms with van der Waals surface area (Å²) in [6.45, 7) is 6.60. The van der Waals surface area contributed by atoms with Gasteiger partial charge >= 0.3 is 12.2 Å². The predicted octanol–water partition coefficient (Wildman–Crippen LogP) is 4.78. The second-order valence-electron chi connectivity index (χ2n) is 10.2. The molecule has 1 aromatic carbocycles. The van der Waals surface area contributed by atoms with Crippen LogP contribution in [0.15, 0.2) is 22.6 Å². The average Bonchev–Trinajstić information content (AvgIpc) is 3.18. The number of benzene rings is 1. The lowest BCUT2D eigenvalue weighted by atomic mass is 9.76. The Labute approximate surface area is 200 Å². The van der Waals surface area contributed by atoms with Crippen LogP contribution < -0.4 is 10.1 Å². The van der Waals surface area contributed by atoms with Crippen LogP contribution in [0.3, 0.4) is 0 Å². The highest BCUT2D eigenvalue weighted by atomic mass is 19.4. The van der Waals surface area contributed by atoms with Crippen molar-refractivity contribution in [3.63, 3.8) is 0 Å². The summed E-state index contributed by atoms with van der Waals surface area (Å²) in [5, 5.41) is 22.2. The van der Waals surface area contributed by atoms with E-state index in [9.17, 15) is 18.3 Å². The molecule has 2 aromatic heterocycles. The molecule has 35 heavy (non-hydrogen) atoms. The molecule has 0 atom stereocenters. The van der Waals surface area contributed by atoms with Crippen molar-refractivity contribution in [2.24, 2.45) is 0 Å². The molecule has 1 aliphatic rings. The zero-order chi connectivity index (χ0) is 25.6. The monoisotopic (exact) mass is 494 g/mol. The lowest BCUT2D eigenvalue weighted by Crippen LogP contribution is -2.53. The van der Waals surface area contributed by atoms with E-state index in [-0.39, 0.29) is 30.3 Å². The number of rotatable bonds is 7. The Morgan fingerprint density at radius 3 is 2.51 bits per heavy atom. The van der Waals surface area contributed by atoms with Gasteiger partial charge in [-0.25, -0.2) is 4.98 Å². The van der Waals surface area contributed by atoms with Gasteiger partial charge in [-0.15, -0.1) is 5.10 Å². The molecule has 0 saturated heterocycles. The summed E-state index contributed by atoms with van der Waals surface area (Å²) >= 11 is 0. The van der Waals surface area contributed by atoms with E-state index in [1.54, 1.807) is 25.3 Å². The topological polar surface area (TPSA) is 103 Å². The van der Waals surface area contributed by atoms with Crippen LogP contribution in [0.1, 0.15) is 44.7 Å². The molecule has 0 aliphatic heterocycles. The van der Waals surface area contributed by atoms with E-state index in [0.29, 0.717) is 29.4 Å². The number of aromatic nitrogens is 3. The van der Waals surface area contributed by atoms with Crippen molar-refractivity contribution in [3.05, 3.63) is 29.3 Å². The van der Waals surface area contributed by atoms with Crippen LogP contribution in [-0.2, 0) is 10.2 Å². The summed E-state index contributed by atoms with van der Waals surface area (Å²) in [7, 11) is 1.54. The van der Waals surface area contributed by atoms with Crippen molar-refractivity contribution in [2.75, 3.05) is 25.6 Å². The highest BCUT2D eigenvalue weighted by Gasteiger charge is 2.43. The molecule has 1 aliphatic carbocycles. The molecule has 190 valence electrons. The average molecular weight is 495 g/mol. The fraction of sp³-hybridized carbons (Fsp3) is 0.542. The van der Waals surface area contributed by atoms with E-state index < -0.39 is 23.8 Å². The van der Waals surface area contributed by atoms with Crippen LogP contribution in [0.25, 0.3) is 22.5 Å². The lowest BCUT2D eigenvalue weighted by Gasteiger charge is -2.42. The summed E-state index contributed by atoms with van der Waals surface area (Å²) in [5.41, 5.74) is 1.33. The first kappa shape index (κ1) is 25.2. The molecule has 0 spiro atoms. The van der Waals surface area contributed by atoms with Crippen molar-refractivity contribution < 1.29 is 32.2 Å².